The van der Waals surface area contributed by atoms with Crippen molar-refractivity contribution in [2.75, 3.05) is 6.61 Å². The minimum Gasteiger partial charge on any atom is -0.594 e. The van der Waals surface area contributed by atoms with Gasteiger partial charge in [-0.05, 0) is 6.92 Å². The molecule has 0 aliphatic heterocycles. The lowest BCUT2D eigenvalue weighted by Crippen LogP contribution is -2.31. The molecule has 0 saturated carbocycles. The van der Waals surface area contributed by atoms with E-state index in [1.807, 2.05) is 0 Å². The highest BCUT2D eigenvalue weighted by Gasteiger charge is 2.15. The number of esters is 1. The summed E-state index contributed by atoms with van der Waals surface area (Å²) in [6.07, 6.45) is 2.28. The highest BCUT2D eigenvalue weighted by atomic mass is 16.5. The van der Waals surface area contributed by atoms with E-state index in [1.54, 1.807) is 6.92 Å². The monoisotopic (exact) mass is 235 g/mol. The lowest BCUT2D eigenvalue weighted by atomic mass is 10.2. The molecule has 0 aliphatic rings. The normalized spacial score (nSPS) is 10.4. The van der Waals surface area contributed by atoms with E-state index in [9.17, 15) is 14.8 Å². The molecule has 88 valence electrons. The van der Waals surface area contributed by atoms with Crippen molar-refractivity contribution in [1.29, 1.82) is 0 Å². The second-order valence-electron chi connectivity index (χ2n) is 3.23. The predicted octanol–water partition coefficient (Wildman–Crippen LogP) is -0.267. The van der Waals surface area contributed by atoms with Gasteiger partial charge in [-0.15, -0.1) is 0 Å². The van der Waals surface area contributed by atoms with Gasteiger partial charge in [0.15, 0.2) is 0 Å². The fourth-order valence-electron chi connectivity index (χ4n) is 1.40. The summed E-state index contributed by atoms with van der Waals surface area (Å²) in [5.41, 5.74) is -0.490. The molecular formula is C10H9N3O4. The first-order valence-corrected chi connectivity index (χ1v) is 4.92. The fourth-order valence-corrected chi connectivity index (χ4v) is 1.40. The van der Waals surface area contributed by atoms with Crippen LogP contribution in [-0.2, 0) is 4.74 Å². The van der Waals surface area contributed by atoms with Gasteiger partial charge in [-0.2, -0.15) is 0 Å². The number of rotatable bonds is 2. The van der Waals surface area contributed by atoms with Crippen molar-refractivity contribution in [3.63, 3.8) is 0 Å². The molecule has 0 amide bonds. The van der Waals surface area contributed by atoms with E-state index in [2.05, 4.69) is 10.1 Å². The minimum absolute atomic E-state index is 0.107. The maximum Gasteiger partial charge on any atom is 0.343 e. The fraction of sp³-hybridized carbons (Fsp3) is 0.200. The Morgan fingerprint density at radius 2 is 2.41 bits per heavy atom. The Hall–Kier alpha value is -2.44. The van der Waals surface area contributed by atoms with Gasteiger partial charge < -0.3 is 14.9 Å². The van der Waals surface area contributed by atoms with Gasteiger partial charge >= 0.3 is 5.97 Å². The molecule has 0 atom stereocenters. The van der Waals surface area contributed by atoms with Crippen LogP contribution < -0.4 is 10.3 Å². The molecule has 2 heterocycles. The van der Waals surface area contributed by atoms with Gasteiger partial charge in [0.1, 0.15) is 5.56 Å². The van der Waals surface area contributed by atoms with Crippen molar-refractivity contribution in [3.05, 3.63) is 39.5 Å². The summed E-state index contributed by atoms with van der Waals surface area (Å²) < 4.78 is 4.74. The van der Waals surface area contributed by atoms with E-state index >= 15 is 0 Å². The number of pyridine rings is 1. The Kier molecular flexibility index (Phi) is 2.73. The Morgan fingerprint density at radius 3 is 3.12 bits per heavy atom. The summed E-state index contributed by atoms with van der Waals surface area (Å²) in [6.45, 7) is 1.83. The highest BCUT2D eigenvalue weighted by molar-refractivity contribution is 5.92. The average molecular weight is 235 g/mol. The summed E-state index contributed by atoms with van der Waals surface area (Å²) >= 11 is 0. The molecule has 2 aromatic rings. The Morgan fingerprint density at radius 1 is 1.65 bits per heavy atom. The van der Waals surface area contributed by atoms with Crippen LogP contribution in [0.3, 0.4) is 0 Å². The molecule has 2 aromatic heterocycles. The number of ether oxygens (including phenoxy) is 1. The van der Waals surface area contributed by atoms with Crippen LogP contribution in [0.1, 0.15) is 17.3 Å². The van der Waals surface area contributed by atoms with Crippen LogP contribution in [0.25, 0.3) is 11.0 Å². The smallest absolute Gasteiger partial charge is 0.343 e. The van der Waals surface area contributed by atoms with Gasteiger partial charge in [-0.1, -0.05) is 4.85 Å². The molecule has 2 rings (SSSR count). The van der Waals surface area contributed by atoms with Gasteiger partial charge in [-0.25, -0.2) is 4.79 Å². The van der Waals surface area contributed by atoms with E-state index in [0.29, 0.717) is 4.85 Å². The second kappa shape index (κ2) is 4.20. The first-order valence-electron chi connectivity index (χ1n) is 4.92. The number of carbonyl (C=O) groups excluding carboxylic acids is 1. The van der Waals surface area contributed by atoms with Crippen LogP contribution in [-0.4, -0.2) is 22.7 Å². The molecule has 0 saturated heterocycles. The molecule has 0 bridgehead atoms. The number of aromatic amines is 1. The first-order chi connectivity index (χ1) is 8.13. The van der Waals surface area contributed by atoms with Crippen molar-refractivity contribution in [3.8, 4) is 0 Å². The van der Waals surface area contributed by atoms with Crippen LogP contribution in [0, 0.1) is 5.21 Å². The molecule has 0 aromatic carbocycles. The minimum atomic E-state index is -0.700. The zero-order valence-corrected chi connectivity index (χ0v) is 8.97. The molecule has 1 N–H and O–H groups in total. The standard InChI is InChI=1S/C10H9N3O4/c1-2-17-10(15)7-5-11-9-6(8(7)14)3-4-13(16)12-9/h3-5H,2H2,1H3,(H,11,12,14). The van der Waals surface area contributed by atoms with Gasteiger partial charge in [0, 0.05) is 17.4 Å². The van der Waals surface area contributed by atoms with E-state index < -0.39 is 11.4 Å². The molecule has 0 fully saturated rings. The van der Waals surface area contributed by atoms with Crippen molar-refractivity contribution >= 4 is 17.0 Å². The van der Waals surface area contributed by atoms with Gasteiger partial charge in [0.25, 0.3) is 0 Å². The highest BCUT2D eigenvalue weighted by Crippen LogP contribution is 2.03. The van der Waals surface area contributed by atoms with E-state index in [4.69, 9.17) is 4.74 Å². The summed E-state index contributed by atoms with van der Waals surface area (Å²) in [5, 5.41) is 14.6. The number of H-pyrrole nitrogens is 1. The van der Waals surface area contributed by atoms with Gasteiger partial charge in [0.2, 0.25) is 17.3 Å². The molecule has 7 nitrogen and oxygen atoms in total. The molecule has 0 spiro atoms. The van der Waals surface area contributed by atoms with Crippen LogP contribution >= 0.6 is 0 Å². The maximum absolute atomic E-state index is 11.9. The first kappa shape index (κ1) is 11.1. The largest absolute Gasteiger partial charge is 0.594 e. The number of hydrogen-bond acceptors (Lipinski definition) is 5. The third-order valence-electron chi connectivity index (χ3n) is 2.16. The SMILES string of the molecule is CCOC(=O)c1c[nH]c2n[n+]([O-])ccc2c1=O. The van der Waals surface area contributed by atoms with E-state index in [0.717, 1.165) is 6.20 Å². The Balaban J connectivity index is 2.62. The van der Waals surface area contributed by atoms with Crippen LogP contribution in [0.5, 0.6) is 0 Å². The maximum atomic E-state index is 11.9. The molecular weight excluding hydrogens is 226 g/mol. The summed E-state index contributed by atoms with van der Waals surface area (Å²) in [5.74, 6) is -0.700. The number of carbonyl (C=O) groups is 1. The van der Waals surface area contributed by atoms with Crippen molar-refractivity contribution in [2.45, 2.75) is 6.92 Å². The van der Waals surface area contributed by atoms with E-state index in [-0.39, 0.29) is 23.2 Å². The van der Waals surface area contributed by atoms with Crippen LogP contribution in [0.2, 0.25) is 0 Å². The number of hydrogen-bond donors (Lipinski definition) is 1. The van der Waals surface area contributed by atoms with Crippen LogP contribution in [0.15, 0.2) is 23.3 Å². The quantitative estimate of drug-likeness (QED) is 0.439. The zero-order valence-electron chi connectivity index (χ0n) is 8.97. The van der Waals surface area contributed by atoms with Crippen molar-refractivity contribution < 1.29 is 14.4 Å². The molecule has 0 unspecified atom stereocenters. The molecule has 0 aliphatic carbocycles. The topological polar surface area (TPSA) is 99.0 Å². The lowest BCUT2D eigenvalue weighted by molar-refractivity contribution is -0.666. The molecule has 17 heavy (non-hydrogen) atoms. The zero-order chi connectivity index (χ0) is 12.4. The van der Waals surface area contributed by atoms with Gasteiger partial charge in [-0.3, -0.25) is 4.79 Å². The Bertz CT molecular complexity index is 635. The van der Waals surface area contributed by atoms with Crippen molar-refractivity contribution in [1.82, 2.24) is 10.1 Å². The predicted molar refractivity (Wildman–Crippen MR) is 57.3 cm³/mol. The van der Waals surface area contributed by atoms with Crippen molar-refractivity contribution in [2.24, 2.45) is 0 Å². The summed E-state index contributed by atoms with van der Waals surface area (Å²) in [7, 11) is 0. The van der Waals surface area contributed by atoms with Crippen LogP contribution in [0.4, 0.5) is 0 Å². The number of nitrogens with zero attached hydrogens (tertiary/aromatic N) is 2. The van der Waals surface area contributed by atoms with E-state index in [1.165, 1.54) is 12.3 Å². The molecule has 7 heteroatoms. The summed E-state index contributed by atoms with van der Waals surface area (Å²) in [6, 6.07) is 1.30. The third kappa shape index (κ3) is 1.94. The number of nitrogens with one attached hydrogen (secondary N) is 1. The Labute approximate surface area is 95.2 Å². The number of aromatic nitrogens is 3. The third-order valence-corrected chi connectivity index (χ3v) is 2.16. The average Bonchev–Trinajstić information content (AvgIpc) is 2.29. The summed E-state index contributed by atoms with van der Waals surface area (Å²) in [4.78, 5) is 26.3. The number of fused-ring (bicyclic) bond motifs is 1. The second-order valence-corrected chi connectivity index (χ2v) is 3.23. The van der Waals surface area contributed by atoms with Gasteiger partial charge in [0.05, 0.1) is 12.0 Å². The lowest BCUT2D eigenvalue weighted by Gasteiger charge is -2.01. The molecule has 0 radical (unpaired) electrons.